The molecule has 0 aliphatic rings. The predicted molar refractivity (Wildman–Crippen MR) is 58.0 cm³/mol. The van der Waals surface area contributed by atoms with Crippen molar-refractivity contribution in [1.82, 2.24) is 5.32 Å². The number of halogens is 4. The first kappa shape index (κ1) is 14.0. The molecule has 1 unspecified atom stereocenters. The van der Waals surface area contributed by atoms with E-state index in [1.165, 1.54) is 6.92 Å². The Bertz CT molecular complexity index is 381. The van der Waals surface area contributed by atoms with Crippen molar-refractivity contribution in [2.75, 3.05) is 6.54 Å². The summed E-state index contributed by atoms with van der Waals surface area (Å²) in [7, 11) is 0. The van der Waals surface area contributed by atoms with Gasteiger partial charge in [-0.1, -0.05) is 13.0 Å². The molecule has 1 aromatic rings. The van der Waals surface area contributed by atoms with Crippen molar-refractivity contribution in [3.63, 3.8) is 0 Å². The molecule has 0 spiro atoms. The summed E-state index contributed by atoms with van der Waals surface area (Å²) in [6, 6.07) is 2.65. The van der Waals surface area contributed by atoms with Crippen molar-refractivity contribution in [1.29, 1.82) is 0 Å². The molecule has 17 heavy (non-hydrogen) atoms. The zero-order valence-electron chi connectivity index (χ0n) is 9.74. The summed E-state index contributed by atoms with van der Waals surface area (Å²) in [6.07, 6.45) is -2.14. The van der Waals surface area contributed by atoms with E-state index in [0.717, 1.165) is 12.1 Å². The van der Waals surface area contributed by atoms with E-state index in [1.54, 1.807) is 0 Å². The quantitative estimate of drug-likeness (QED) is 0.788. The standard InChI is InChI=1S/C12H15F4N/c1-3-6-17-12(2,11(15)16)9-5-4-8(13)7-10(9)14/h4-5,7,11,17H,3,6H2,1-2H3. The first-order valence-corrected chi connectivity index (χ1v) is 5.40. The summed E-state index contributed by atoms with van der Waals surface area (Å²) >= 11 is 0. The van der Waals surface area contributed by atoms with Gasteiger partial charge in [0.1, 0.15) is 17.2 Å². The second kappa shape index (κ2) is 5.49. The summed E-state index contributed by atoms with van der Waals surface area (Å²) in [5, 5.41) is 2.61. The molecule has 0 amide bonds. The molecule has 0 fully saturated rings. The first-order chi connectivity index (χ1) is 7.91. The largest absolute Gasteiger partial charge is 0.303 e. The number of hydrogen-bond donors (Lipinski definition) is 1. The van der Waals surface area contributed by atoms with Crippen molar-refractivity contribution in [2.45, 2.75) is 32.2 Å². The van der Waals surface area contributed by atoms with E-state index in [2.05, 4.69) is 5.32 Å². The molecule has 1 atom stereocenters. The summed E-state index contributed by atoms with van der Waals surface area (Å²) in [6.45, 7) is 3.36. The van der Waals surface area contributed by atoms with Crippen LogP contribution in [-0.4, -0.2) is 13.0 Å². The third kappa shape index (κ3) is 2.97. The lowest BCUT2D eigenvalue weighted by atomic mass is 9.91. The van der Waals surface area contributed by atoms with E-state index in [-0.39, 0.29) is 5.56 Å². The molecule has 96 valence electrons. The Hall–Kier alpha value is -1.10. The van der Waals surface area contributed by atoms with Gasteiger partial charge in [-0.3, -0.25) is 0 Å². The summed E-state index contributed by atoms with van der Waals surface area (Å²) in [4.78, 5) is 0. The second-order valence-corrected chi connectivity index (χ2v) is 4.05. The molecule has 1 nitrogen and oxygen atoms in total. The van der Waals surface area contributed by atoms with Crippen LogP contribution in [0.2, 0.25) is 0 Å². The molecule has 0 heterocycles. The Balaban J connectivity index is 3.13. The highest BCUT2D eigenvalue weighted by Gasteiger charge is 2.38. The summed E-state index contributed by atoms with van der Waals surface area (Å²) in [5.74, 6) is -1.74. The zero-order valence-corrected chi connectivity index (χ0v) is 9.74. The molecule has 0 aliphatic carbocycles. The van der Waals surface area contributed by atoms with Crippen molar-refractivity contribution in [2.24, 2.45) is 0 Å². The van der Waals surface area contributed by atoms with Gasteiger partial charge in [0.05, 0.1) is 0 Å². The first-order valence-electron chi connectivity index (χ1n) is 5.40. The Morgan fingerprint density at radius 3 is 2.41 bits per heavy atom. The molecule has 0 aliphatic heterocycles. The van der Waals surface area contributed by atoms with Crippen molar-refractivity contribution in [3.05, 3.63) is 35.4 Å². The smallest absolute Gasteiger partial charge is 0.260 e. The van der Waals surface area contributed by atoms with Gasteiger partial charge in [0.25, 0.3) is 6.43 Å². The van der Waals surface area contributed by atoms with Crippen LogP contribution in [0.4, 0.5) is 17.6 Å². The fourth-order valence-electron chi connectivity index (χ4n) is 1.59. The van der Waals surface area contributed by atoms with E-state index in [4.69, 9.17) is 0 Å². The lowest BCUT2D eigenvalue weighted by Gasteiger charge is -2.31. The predicted octanol–water partition coefficient (Wildman–Crippen LogP) is 3.44. The Morgan fingerprint density at radius 1 is 1.29 bits per heavy atom. The van der Waals surface area contributed by atoms with Crippen LogP contribution in [-0.2, 0) is 5.54 Å². The van der Waals surface area contributed by atoms with Crippen LogP contribution in [0.1, 0.15) is 25.8 Å². The molecule has 0 saturated carbocycles. The van der Waals surface area contributed by atoms with Gasteiger partial charge in [-0.25, -0.2) is 17.6 Å². The van der Waals surface area contributed by atoms with Gasteiger partial charge in [0.15, 0.2) is 0 Å². The minimum atomic E-state index is -2.78. The molecule has 5 heteroatoms. The van der Waals surface area contributed by atoms with Gasteiger partial charge >= 0.3 is 0 Å². The van der Waals surface area contributed by atoms with Crippen LogP contribution in [0.25, 0.3) is 0 Å². The third-order valence-corrected chi connectivity index (χ3v) is 2.67. The SMILES string of the molecule is CCCNC(C)(c1ccc(F)cc1F)C(F)F. The average molecular weight is 249 g/mol. The number of alkyl halides is 2. The monoisotopic (exact) mass is 249 g/mol. The molecule has 1 aromatic carbocycles. The van der Waals surface area contributed by atoms with Crippen LogP contribution < -0.4 is 5.32 Å². The number of hydrogen-bond acceptors (Lipinski definition) is 1. The summed E-state index contributed by atoms with van der Waals surface area (Å²) in [5.41, 5.74) is -2.02. The molecular weight excluding hydrogens is 234 g/mol. The topological polar surface area (TPSA) is 12.0 Å². The zero-order chi connectivity index (χ0) is 13.1. The molecule has 1 N–H and O–H groups in total. The molecule has 1 rings (SSSR count). The van der Waals surface area contributed by atoms with Crippen LogP contribution in [0, 0.1) is 11.6 Å². The highest BCUT2D eigenvalue weighted by atomic mass is 19.3. The highest BCUT2D eigenvalue weighted by molar-refractivity contribution is 5.27. The average Bonchev–Trinajstić information content (AvgIpc) is 2.25. The number of rotatable bonds is 5. The van der Waals surface area contributed by atoms with E-state index < -0.39 is 23.6 Å². The number of benzene rings is 1. The van der Waals surface area contributed by atoms with Gasteiger partial charge in [0, 0.05) is 11.6 Å². The maximum absolute atomic E-state index is 13.5. The Labute approximate surface area is 97.8 Å². The lowest BCUT2D eigenvalue weighted by Crippen LogP contribution is -2.46. The minimum Gasteiger partial charge on any atom is -0.303 e. The van der Waals surface area contributed by atoms with E-state index >= 15 is 0 Å². The van der Waals surface area contributed by atoms with Crippen LogP contribution in [0.5, 0.6) is 0 Å². The maximum atomic E-state index is 13.5. The molecule has 0 bridgehead atoms. The molecular formula is C12H15F4N. The van der Waals surface area contributed by atoms with Crippen molar-refractivity contribution in [3.8, 4) is 0 Å². The third-order valence-electron chi connectivity index (χ3n) is 2.67. The van der Waals surface area contributed by atoms with Gasteiger partial charge in [-0.2, -0.15) is 0 Å². The van der Waals surface area contributed by atoms with Crippen LogP contribution in [0.3, 0.4) is 0 Å². The Morgan fingerprint density at radius 2 is 1.94 bits per heavy atom. The van der Waals surface area contributed by atoms with Gasteiger partial charge < -0.3 is 5.32 Å². The fourth-order valence-corrected chi connectivity index (χ4v) is 1.59. The molecule has 0 aromatic heterocycles. The highest BCUT2D eigenvalue weighted by Crippen LogP contribution is 2.30. The fraction of sp³-hybridized carbons (Fsp3) is 0.500. The lowest BCUT2D eigenvalue weighted by molar-refractivity contribution is 0.0363. The van der Waals surface area contributed by atoms with Crippen molar-refractivity contribution < 1.29 is 17.6 Å². The molecule has 0 saturated heterocycles. The summed E-state index contributed by atoms with van der Waals surface area (Å²) < 4.78 is 52.4. The minimum absolute atomic E-state index is 0.220. The normalized spacial score (nSPS) is 15.0. The van der Waals surface area contributed by atoms with E-state index in [1.807, 2.05) is 6.92 Å². The van der Waals surface area contributed by atoms with Crippen LogP contribution in [0.15, 0.2) is 18.2 Å². The molecule has 0 radical (unpaired) electrons. The Kier molecular flexibility index (Phi) is 4.51. The second-order valence-electron chi connectivity index (χ2n) is 4.05. The maximum Gasteiger partial charge on any atom is 0.260 e. The van der Waals surface area contributed by atoms with Crippen LogP contribution >= 0.6 is 0 Å². The van der Waals surface area contributed by atoms with Gasteiger partial charge in [-0.05, 0) is 26.0 Å². The number of nitrogens with one attached hydrogen (secondary N) is 1. The van der Waals surface area contributed by atoms with E-state index in [0.29, 0.717) is 19.0 Å². The van der Waals surface area contributed by atoms with Crippen molar-refractivity contribution >= 4 is 0 Å². The van der Waals surface area contributed by atoms with E-state index in [9.17, 15) is 17.6 Å². The van der Waals surface area contributed by atoms with Gasteiger partial charge in [0.2, 0.25) is 0 Å². The van der Waals surface area contributed by atoms with Gasteiger partial charge in [-0.15, -0.1) is 0 Å².